The maximum absolute atomic E-state index is 12.1. The molecule has 0 radical (unpaired) electrons. The van der Waals surface area contributed by atoms with Crippen molar-refractivity contribution in [1.29, 1.82) is 0 Å². The summed E-state index contributed by atoms with van der Waals surface area (Å²) in [5, 5.41) is 13.6. The lowest BCUT2D eigenvalue weighted by atomic mass is 10.1. The van der Waals surface area contributed by atoms with E-state index < -0.39 is 4.92 Å². The second kappa shape index (κ2) is 6.65. The Morgan fingerprint density at radius 3 is 2.57 bits per heavy atom. The number of carbonyl (C=O) groups excluding carboxylic acids is 1. The first-order valence-corrected chi connectivity index (χ1v) is 6.65. The molecule has 0 heterocycles. The van der Waals surface area contributed by atoms with Gasteiger partial charge in [-0.2, -0.15) is 0 Å². The van der Waals surface area contributed by atoms with Crippen LogP contribution in [-0.2, 0) is 6.42 Å². The molecule has 2 aromatic rings. The van der Waals surface area contributed by atoms with Crippen LogP contribution in [0.1, 0.15) is 21.5 Å². The van der Waals surface area contributed by atoms with Crippen LogP contribution in [0.5, 0.6) is 0 Å². The predicted octanol–water partition coefficient (Wildman–Crippen LogP) is 2.88. The Hall–Kier alpha value is -2.69. The fraction of sp³-hybridized carbons (Fsp3) is 0.188. The fourth-order valence-electron chi connectivity index (χ4n) is 2.03. The summed E-state index contributed by atoms with van der Waals surface area (Å²) in [6, 6.07) is 14.1. The molecule has 0 aliphatic carbocycles. The minimum absolute atomic E-state index is 0.0752. The summed E-state index contributed by atoms with van der Waals surface area (Å²) in [6.07, 6.45) is 0.723. The van der Waals surface area contributed by atoms with Crippen LogP contribution in [0.3, 0.4) is 0 Å². The summed E-state index contributed by atoms with van der Waals surface area (Å²) in [6.45, 7) is 2.25. The SMILES string of the molecule is Cc1ccc([N+](=O)[O-])cc1C(=O)NCCc1ccccc1. The lowest BCUT2D eigenvalue weighted by Gasteiger charge is -2.07. The molecule has 1 N–H and O–H groups in total. The molecule has 0 aliphatic heterocycles. The highest BCUT2D eigenvalue weighted by molar-refractivity contribution is 5.96. The van der Waals surface area contributed by atoms with Crippen LogP contribution in [-0.4, -0.2) is 17.4 Å². The molecular formula is C16H16N2O3. The van der Waals surface area contributed by atoms with E-state index >= 15 is 0 Å². The minimum Gasteiger partial charge on any atom is -0.352 e. The number of nitrogens with zero attached hydrogens (tertiary/aromatic N) is 1. The lowest BCUT2D eigenvalue weighted by molar-refractivity contribution is -0.384. The Labute approximate surface area is 122 Å². The van der Waals surface area contributed by atoms with E-state index in [1.165, 1.54) is 12.1 Å². The first kappa shape index (κ1) is 14.7. The van der Waals surface area contributed by atoms with Gasteiger partial charge in [-0.15, -0.1) is 0 Å². The van der Waals surface area contributed by atoms with Crippen LogP contribution in [0.25, 0.3) is 0 Å². The summed E-state index contributed by atoms with van der Waals surface area (Å²) < 4.78 is 0. The highest BCUT2D eigenvalue weighted by Gasteiger charge is 2.14. The third kappa shape index (κ3) is 3.89. The molecule has 5 heteroatoms. The van der Waals surface area contributed by atoms with Crippen molar-refractivity contribution in [1.82, 2.24) is 5.32 Å². The number of benzene rings is 2. The third-order valence-corrected chi connectivity index (χ3v) is 3.22. The van der Waals surface area contributed by atoms with Crippen molar-refractivity contribution >= 4 is 11.6 Å². The van der Waals surface area contributed by atoms with Gasteiger partial charge >= 0.3 is 0 Å². The number of rotatable bonds is 5. The van der Waals surface area contributed by atoms with Crippen LogP contribution in [0, 0.1) is 17.0 Å². The number of nitrogens with one attached hydrogen (secondary N) is 1. The molecule has 0 aliphatic rings. The van der Waals surface area contributed by atoms with Crippen molar-refractivity contribution in [2.45, 2.75) is 13.3 Å². The van der Waals surface area contributed by atoms with Gasteiger partial charge in [-0.3, -0.25) is 14.9 Å². The highest BCUT2D eigenvalue weighted by atomic mass is 16.6. The molecule has 2 rings (SSSR count). The second-order valence-electron chi connectivity index (χ2n) is 4.75. The Morgan fingerprint density at radius 1 is 1.19 bits per heavy atom. The standard InChI is InChI=1S/C16H16N2O3/c1-12-7-8-14(18(20)21)11-15(12)16(19)17-10-9-13-5-3-2-4-6-13/h2-8,11H,9-10H2,1H3,(H,17,19). The Balaban J connectivity index is 2.00. The largest absolute Gasteiger partial charge is 0.352 e. The van der Waals surface area contributed by atoms with Crippen molar-refractivity contribution in [2.24, 2.45) is 0 Å². The second-order valence-corrected chi connectivity index (χ2v) is 4.75. The smallest absolute Gasteiger partial charge is 0.270 e. The quantitative estimate of drug-likeness (QED) is 0.677. The Morgan fingerprint density at radius 2 is 1.90 bits per heavy atom. The number of aryl methyl sites for hydroxylation is 1. The molecular weight excluding hydrogens is 268 g/mol. The third-order valence-electron chi connectivity index (χ3n) is 3.22. The highest BCUT2D eigenvalue weighted by Crippen LogP contribution is 2.17. The van der Waals surface area contributed by atoms with E-state index in [0.29, 0.717) is 12.1 Å². The van der Waals surface area contributed by atoms with Crippen LogP contribution in [0.2, 0.25) is 0 Å². The summed E-state index contributed by atoms with van der Waals surface area (Å²) in [4.78, 5) is 22.4. The lowest BCUT2D eigenvalue weighted by Crippen LogP contribution is -2.26. The van der Waals surface area contributed by atoms with Gasteiger partial charge in [-0.25, -0.2) is 0 Å². The fourth-order valence-corrected chi connectivity index (χ4v) is 2.03. The Bertz CT molecular complexity index is 654. The molecule has 21 heavy (non-hydrogen) atoms. The Kier molecular flexibility index (Phi) is 4.66. The van der Waals surface area contributed by atoms with Crippen LogP contribution < -0.4 is 5.32 Å². The molecule has 0 atom stereocenters. The van der Waals surface area contributed by atoms with Crippen LogP contribution in [0.4, 0.5) is 5.69 Å². The van der Waals surface area contributed by atoms with Crippen molar-refractivity contribution in [3.05, 3.63) is 75.3 Å². The number of non-ortho nitro benzene ring substituents is 1. The van der Waals surface area contributed by atoms with Crippen molar-refractivity contribution < 1.29 is 9.72 Å². The van der Waals surface area contributed by atoms with E-state index in [1.54, 1.807) is 13.0 Å². The minimum atomic E-state index is -0.500. The van der Waals surface area contributed by atoms with Gasteiger partial charge in [0, 0.05) is 24.2 Å². The van der Waals surface area contributed by atoms with Crippen LogP contribution >= 0.6 is 0 Å². The predicted molar refractivity (Wildman–Crippen MR) is 80.3 cm³/mol. The van der Waals surface area contributed by atoms with E-state index in [9.17, 15) is 14.9 Å². The van der Waals surface area contributed by atoms with Gasteiger partial charge in [0.15, 0.2) is 0 Å². The van der Waals surface area contributed by atoms with Gasteiger partial charge in [0.05, 0.1) is 4.92 Å². The molecule has 0 bridgehead atoms. The monoisotopic (exact) mass is 284 g/mol. The topological polar surface area (TPSA) is 72.2 Å². The van der Waals surface area contributed by atoms with Gasteiger partial charge in [0.1, 0.15) is 0 Å². The number of nitro benzene ring substituents is 1. The molecule has 2 aromatic carbocycles. The van der Waals surface area contributed by atoms with Crippen LogP contribution in [0.15, 0.2) is 48.5 Å². The maximum atomic E-state index is 12.1. The molecule has 0 saturated carbocycles. The van der Waals surface area contributed by atoms with Crippen molar-refractivity contribution in [3.8, 4) is 0 Å². The van der Waals surface area contributed by atoms with E-state index in [0.717, 1.165) is 17.5 Å². The first-order chi connectivity index (χ1) is 10.1. The molecule has 0 fully saturated rings. The molecule has 108 valence electrons. The molecule has 0 aromatic heterocycles. The zero-order valence-electron chi connectivity index (χ0n) is 11.7. The van der Waals surface area contributed by atoms with Crippen molar-refractivity contribution in [3.63, 3.8) is 0 Å². The summed E-state index contributed by atoms with van der Waals surface area (Å²) >= 11 is 0. The first-order valence-electron chi connectivity index (χ1n) is 6.65. The van der Waals surface area contributed by atoms with Gasteiger partial charge < -0.3 is 5.32 Å². The zero-order valence-corrected chi connectivity index (χ0v) is 11.7. The molecule has 0 unspecified atom stereocenters. The number of nitro groups is 1. The van der Waals surface area contributed by atoms with Gasteiger partial charge in [-0.1, -0.05) is 36.4 Å². The summed E-state index contributed by atoms with van der Waals surface area (Å²) in [5.41, 5.74) is 2.12. The number of carbonyl (C=O) groups is 1. The van der Waals surface area contributed by atoms with Crippen molar-refractivity contribution in [2.75, 3.05) is 6.54 Å². The van der Waals surface area contributed by atoms with Gasteiger partial charge in [-0.05, 0) is 24.5 Å². The average molecular weight is 284 g/mol. The molecule has 0 spiro atoms. The van der Waals surface area contributed by atoms with E-state index in [4.69, 9.17) is 0 Å². The molecule has 0 saturated heterocycles. The average Bonchev–Trinajstić information content (AvgIpc) is 2.48. The van der Waals surface area contributed by atoms with Gasteiger partial charge in [0.2, 0.25) is 0 Å². The summed E-state index contributed by atoms with van der Waals surface area (Å²) in [5.74, 6) is -0.285. The normalized spacial score (nSPS) is 10.1. The van der Waals surface area contributed by atoms with E-state index in [-0.39, 0.29) is 11.6 Å². The van der Waals surface area contributed by atoms with E-state index in [2.05, 4.69) is 5.32 Å². The van der Waals surface area contributed by atoms with E-state index in [1.807, 2.05) is 30.3 Å². The summed E-state index contributed by atoms with van der Waals surface area (Å²) in [7, 11) is 0. The molecule has 5 nitrogen and oxygen atoms in total. The molecule has 1 amide bonds. The maximum Gasteiger partial charge on any atom is 0.270 e. The number of hydrogen-bond donors (Lipinski definition) is 1. The van der Waals surface area contributed by atoms with Gasteiger partial charge in [0.25, 0.3) is 11.6 Å². The number of hydrogen-bond acceptors (Lipinski definition) is 3. The zero-order chi connectivity index (χ0) is 15.2. The number of amides is 1.